The number of carbonyl (C=O) groups is 2. The molecule has 0 aliphatic carbocycles. The molecule has 0 atom stereocenters. The van der Waals surface area contributed by atoms with Gasteiger partial charge in [-0.1, -0.05) is 12.1 Å². The lowest BCUT2D eigenvalue weighted by Crippen LogP contribution is -2.52. The quantitative estimate of drug-likeness (QED) is 0.709. The van der Waals surface area contributed by atoms with Gasteiger partial charge < -0.3 is 19.9 Å². The smallest absolute Gasteiger partial charge is 0.231 e. The molecule has 0 spiro atoms. The van der Waals surface area contributed by atoms with Crippen LogP contribution in [0.4, 0.5) is 11.4 Å². The Kier molecular flexibility index (Phi) is 7.04. The molecule has 0 bridgehead atoms. The maximum absolute atomic E-state index is 12.7. The summed E-state index contributed by atoms with van der Waals surface area (Å²) in [5, 5.41) is 10.7. The minimum absolute atomic E-state index is 0.0177. The van der Waals surface area contributed by atoms with E-state index in [0.717, 1.165) is 63.4 Å². The molecule has 34 heavy (non-hydrogen) atoms. The van der Waals surface area contributed by atoms with Crippen LogP contribution in [-0.4, -0.2) is 66.3 Å². The number of amides is 2. The molecule has 1 aromatic heterocycles. The topological polar surface area (TPSA) is 87.7 Å². The van der Waals surface area contributed by atoms with Crippen molar-refractivity contribution < 1.29 is 14.3 Å². The number of piperidine rings is 1. The third kappa shape index (κ3) is 5.38. The number of nitrogens with zero attached hydrogens (tertiary/aromatic N) is 4. The van der Waals surface area contributed by atoms with Gasteiger partial charge in [0, 0.05) is 51.5 Å². The number of aromatic nitrogens is 2. The lowest BCUT2D eigenvalue weighted by Gasteiger charge is -2.39. The summed E-state index contributed by atoms with van der Waals surface area (Å²) in [6.45, 7) is 4.63. The Morgan fingerprint density at radius 3 is 2.38 bits per heavy atom. The number of rotatable bonds is 6. The molecule has 1 aromatic carbocycles. The van der Waals surface area contributed by atoms with E-state index in [1.54, 1.807) is 12.4 Å². The van der Waals surface area contributed by atoms with Crippen LogP contribution in [0.5, 0.6) is 0 Å². The lowest BCUT2D eigenvalue weighted by atomic mass is 9.88. The molecular formula is C26H33N5O3. The molecule has 8 nitrogen and oxygen atoms in total. The second kappa shape index (κ2) is 10.5. The summed E-state index contributed by atoms with van der Waals surface area (Å²) >= 11 is 0. The number of hydrogen-bond acceptors (Lipinski definition) is 6. The van der Waals surface area contributed by atoms with Crippen molar-refractivity contribution in [1.29, 1.82) is 0 Å². The SMILES string of the molecule is O=C(Nc1ccc(C2CCN(C(=O)CC3CCOCC3)CC2)cc1)C1CN(c2ccnnc2)C1. The Labute approximate surface area is 200 Å². The van der Waals surface area contributed by atoms with Crippen LogP contribution in [0.3, 0.4) is 0 Å². The molecule has 0 radical (unpaired) electrons. The molecule has 2 amide bonds. The Morgan fingerprint density at radius 2 is 1.71 bits per heavy atom. The van der Waals surface area contributed by atoms with Crippen molar-refractivity contribution in [2.45, 2.75) is 38.0 Å². The fraction of sp³-hybridized carbons (Fsp3) is 0.538. The third-order valence-corrected chi connectivity index (χ3v) is 7.49. The molecular weight excluding hydrogens is 430 g/mol. The third-order valence-electron chi connectivity index (χ3n) is 7.49. The van der Waals surface area contributed by atoms with Crippen molar-refractivity contribution >= 4 is 23.2 Å². The van der Waals surface area contributed by atoms with Crippen LogP contribution in [0.15, 0.2) is 42.7 Å². The van der Waals surface area contributed by atoms with Gasteiger partial charge in [0.25, 0.3) is 0 Å². The molecule has 3 aliphatic rings. The van der Waals surface area contributed by atoms with Gasteiger partial charge in [-0.3, -0.25) is 9.59 Å². The van der Waals surface area contributed by atoms with Gasteiger partial charge in [-0.05, 0) is 61.3 Å². The van der Waals surface area contributed by atoms with Crippen molar-refractivity contribution in [3.8, 4) is 0 Å². The van der Waals surface area contributed by atoms with E-state index in [0.29, 0.717) is 37.3 Å². The summed E-state index contributed by atoms with van der Waals surface area (Å²) in [6.07, 6.45) is 8.05. The van der Waals surface area contributed by atoms with Gasteiger partial charge in [0.1, 0.15) is 0 Å². The highest BCUT2D eigenvalue weighted by atomic mass is 16.5. The first-order chi connectivity index (χ1) is 16.7. The van der Waals surface area contributed by atoms with Crippen LogP contribution < -0.4 is 10.2 Å². The van der Waals surface area contributed by atoms with Crippen LogP contribution in [0.1, 0.15) is 43.6 Å². The van der Waals surface area contributed by atoms with Gasteiger partial charge in [0.2, 0.25) is 11.8 Å². The molecule has 8 heteroatoms. The van der Waals surface area contributed by atoms with Crippen molar-refractivity contribution in [2.24, 2.45) is 11.8 Å². The van der Waals surface area contributed by atoms with Crippen molar-refractivity contribution in [2.75, 3.05) is 49.6 Å². The van der Waals surface area contributed by atoms with E-state index in [1.165, 1.54) is 5.56 Å². The highest BCUT2D eigenvalue weighted by molar-refractivity contribution is 5.94. The minimum Gasteiger partial charge on any atom is -0.381 e. The highest BCUT2D eigenvalue weighted by Crippen LogP contribution is 2.30. The largest absolute Gasteiger partial charge is 0.381 e. The summed E-state index contributed by atoms with van der Waals surface area (Å²) in [6, 6.07) is 10.1. The average molecular weight is 464 g/mol. The molecule has 180 valence electrons. The van der Waals surface area contributed by atoms with Crippen LogP contribution >= 0.6 is 0 Å². The zero-order valence-electron chi connectivity index (χ0n) is 19.6. The molecule has 4 heterocycles. The number of nitrogens with one attached hydrogen (secondary N) is 1. The second-order valence-electron chi connectivity index (χ2n) is 9.73. The van der Waals surface area contributed by atoms with Crippen molar-refractivity contribution in [3.63, 3.8) is 0 Å². The van der Waals surface area contributed by atoms with E-state index in [-0.39, 0.29) is 11.8 Å². The highest BCUT2D eigenvalue weighted by Gasteiger charge is 2.33. The molecule has 0 saturated carbocycles. The monoisotopic (exact) mass is 463 g/mol. The number of carbonyl (C=O) groups excluding carboxylic acids is 2. The van der Waals surface area contributed by atoms with E-state index < -0.39 is 0 Å². The number of anilines is 2. The van der Waals surface area contributed by atoms with Crippen LogP contribution in [0.2, 0.25) is 0 Å². The lowest BCUT2D eigenvalue weighted by molar-refractivity contribution is -0.134. The Hall–Kier alpha value is -3.00. The molecule has 1 N–H and O–H groups in total. The van der Waals surface area contributed by atoms with Gasteiger partial charge in [-0.2, -0.15) is 10.2 Å². The molecule has 0 unspecified atom stereocenters. The summed E-state index contributed by atoms with van der Waals surface area (Å²) < 4.78 is 5.41. The summed E-state index contributed by atoms with van der Waals surface area (Å²) in [4.78, 5) is 29.4. The maximum atomic E-state index is 12.7. The fourth-order valence-corrected chi connectivity index (χ4v) is 5.20. The summed E-state index contributed by atoms with van der Waals surface area (Å²) in [5.41, 5.74) is 3.12. The first-order valence-electron chi connectivity index (χ1n) is 12.4. The van der Waals surface area contributed by atoms with Gasteiger partial charge in [0.05, 0.1) is 24.0 Å². The van der Waals surface area contributed by atoms with E-state index in [9.17, 15) is 9.59 Å². The zero-order valence-corrected chi connectivity index (χ0v) is 19.6. The maximum Gasteiger partial charge on any atom is 0.231 e. The Morgan fingerprint density at radius 1 is 0.971 bits per heavy atom. The first-order valence-corrected chi connectivity index (χ1v) is 12.4. The van der Waals surface area contributed by atoms with E-state index in [4.69, 9.17) is 4.74 Å². The first kappa shape index (κ1) is 22.8. The van der Waals surface area contributed by atoms with Crippen molar-refractivity contribution in [1.82, 2.24) is 15.1 Å². The Bertz CT molecular complexity index is 964. The van der Waals surface area contributed by atoms with Gasteiger partial charge in [-0.15, -0.1) is 0 Å². The summed E-state index contributed by atoms with van der Waals surface area (Å²) in [7, 11) is 0. The van der Waals surface area contributed by atoms with E-state index in [1.807, 2.05) is 23.1 Å². The van der Waals surface area contributed by atoms with Crippen LogP contribution in [0.25, 0.3) is 0 Å². The van der Waals surface area contributed by atoms with E-state index >= 15 is 0 Å². The minimum atomic E-state index is -0.0177. The standard InChI is InChI=1S/C26H33N5O3/c32-25(15-19-8-13-34-14-9-19)30-11-6-21(7-12-30)20-1-3-23(4-2-20)29-26(33)22-17-31(18-22)24-5-10-27-28-16-24/h1-5,10,16,19,21-22H,6-9,11-15,17-18H2,(H,29,33). The van der Waals surface area contributed by atoms with E-state index in [2.05, 4.69) is 32.5 Å². The normalized spacial score (nSPS) is 20.1. The van der Waals surface area contributed by atoms with Gasteiger partial charge >= 0.3 is 0 Å². The molecule has 5 rings (SSSR count). The average Bonchev–Trinajstić information content (AvgIpc) is 2.85. The predicted octanol–water partition coefficient (Wildman–Crippen LogP) is 3.07. The predicted molar refractivity (Wildman–Crippen MR) is 130 cm³/mol. The second-order valence-corrected chi connectivity index (χ2v) is 9.73. The Balaban J connectivity index is 1.06. The number of ether oxygens (including phenoxy) is 1. The fourth-order valence-electron chi connectivity index (χ4n) is 5.20. The zero-order chi connectivity index (χ0) is 23.3. The van der Waals surface area contributed by atoms with Crippen LogP contribution in [-0.2, 0) is 14.3 Å². The number of benzene rings is 1. The number of likely N-dealkylation sites (tertiary alicyclic amines) is 1. The van der Waals surface area contributed by atoms with Crippen LogP contribution in [0, 0.1) is 11.8 Å². The molecule has 3 fully saturated rings. The molecule has 2 aromatic rings. The molecule has 3 saturated heterocycles. The molecule has 3 aliphatic heterocycles. The van der Waals surface area contributed by atoms with Gasteiger partial charge in [0.15, 0.2) is 0 Å². The number of hydrogen-bond donors (Lipinski definition) is 1. The van der Waals surface area contributed by atoms with Crippen molar-refractivity contribution in [3.05, 3.63) is 48.3 Å². The summed E-state index contributed by atoms with van der Waals surface area (Å²) in [5.74, 6) is 1.29. The van der Waals surface area contributed by atoms with Gasteiger partial charge in [-0.25, -0.2) is 0 Å².